The Morgan fingerprint density at radius 3 is 3.00 bits per heavy atom. The normalized spacial score (nSPS) is 10.4. The van der Waals surface area contributed by atoms with Gasteiger partial charge in [0.2, 0.25) is 0 Å². The van der Waals surface area contributed by atoms with Crippen molar-refractivity contribution < 1.29 is 0 Å². The van der Waals surface area contributed by atoms with Crippen LogP contribution in [0.1, 0.15) is 12.5 Å². The molecule has 0 aromatic carbocycles. The van der Waals surface area contributed by atoms with Crippen molar-refractivity contribution in [1.29, 1.82) is 0 Å². The average Bonchev–Trinajstić information content (AvgIpc) is 2.66. The third kappa shape index (κ3) is 1.59. The van der Waals surface area contributed by atoms with Crippen LogP contribution in [-0.2, 0) is 6.42 Å². The third-order valence-electron chi connectivity index (χ3n) is 2.05. The summed E-state index contributed by atoms with van der Waals surface area (Å²) in [7, 11) is 0. The number of aromatic nitrogens is 3. The molecule has 0 fully saturated rings. The second-order valence-corrected chi connectivity index (χ2v) is 3.09. The van der Waals surface area contributed by atoms with Gasteiger partial charge in [0.1, 0.15) is 0 Å². The number of hydrogen-bond acceptors (Lipinski definition) is 3. The molecule has 0 atom stereocenters. The molecule has 2 aromatic rings. The van der Waals surface area contributed by atoms with Crippen molar-refractivity contribution in [2.24, 2.45) is 0 Å². The number of nitrogens with zero attached hydrogens (tertiary/aromatic N) is 3. The molecule has 2 N–H and O–H groups in total. The van der Waals surface area contributed by atoms with Crippen LogP contribution in [0.4, 0.5) is 5.69 Å². The largest absolute Gasteiger partial charge is 0.399 e. The van der Waals surface area contributed by atoms with Crippen molar-refractivity contribution in [3.8, 4) is 5.82 Å². The Hall–Kier alpha value is -1.84. The number of hydrogen-bond donors (Lipinski definition) is 1. The summed E-state index contributed by atoms with van der Waals surface area (Å²) in [4.78, 5) is 4.18. The molecule has 0 saturated heterocycles. The molecule has 72 valence electrons. The van der Waals surface area contributed by atoms with Gasteiger partial charge in [-0.2, -0.15) is 5.10 Å². The Bertz CT molecular complexity index is 433. The van der Waals surface area contributed by atoms with Gasteiger partial charge < -0.3 is 5.73 Å². The van der Waals surface area contributed by atoms with Crippen LogP contribution in [0, 0.1) is 0 Å². The van der Waals surface area contributed by atoms with Crippen LogP contribution in [0.5, 0.6) is 0 Å². The molecule has 0 aliphatic rings. The maximum atomic E-state index is 5.65. The zero-order valence-corrected chi connectivity index (χ0v) is 8.01. The first-order valence-electron chi connectivity index (χ1n) is 4.55. The molecule has 0 saturated carbocycles. The van der Waals surface area contributed by atoms with Crippen molar-refractivity contribution in [2.75, 3.05) is 5.73 Å². The Kier molecular flexibility index (Phi) is 2.18. The number of pyridine rings is 1. The van der Waals surface area contributed by atoms with Gasteiger partial charge in [0.05, 0.1) is 6.20 Å². The van der Waals surface area contributed by atoms with Crippen LogP contribution in [0.3, 0.4) is 0 Å². The first-order valence-corrected chi connectivity index (χ1v) is 4.55. The van der Waals surface area contributed by atoms with E-state index in [9.17, 15) is 0 Å². The number of anilines is 1. The van der Waals surface area contributed by atoms with Gasteiger partial charge in [0, 0.05) is 24.1 Å². The maximum Gasteiger partial charge on any atom is 0.155 e. The van der Waals surface area contributed by atoms with E-state index in [4.69, 9.17) is 5.73 Å². The minimum Gasteiger partial charge on any atom is -0.399 e. The lowest BCUT2D eigenvalue weighted by Gasteiger charge is -1.99. The van der Waals surface area contributed by atoms with Gasteiger partial charge in [0.25, 0.3) is 0 Å². The van der Waals surface area contributed by atoms with E-state index in [-0.39, 0.29) is 0 Å². The first-order chi connectivity index (χ1) is 6.79. The van der Waals surface area contributed by atoms with E-state index >= 15 is 0 Å². The van der Waals surface area contributed by atoms with Gasteiger partial charge in [-0.05, 0) is 18.1 Å². The molecular weight excluding hydrogens is 176 g/mol. The van der Waals surface area contributed by atoms with Gasteiger partial charge in [-0.25, -0.2) is 9.67 Å². The van der Waals surface area contributed by atoms with Gasteiger partial charge in [-0.3, -0.25) is 0 Å². The number of nitrogens with two attached hydrogens (primary N) is 1. The molecule has 4 nitrogen and oxygen atoms in total. The second kappa shape index (κ2) is 3.49. The van der Waals surface area contributed by atoms with Crippen molar-refractivity contribution in [2.45, 2.75) is 13.3 Å². The summed E-state index contributed by atoms with van der Waals surface area (Å²) < 4.78 is 1.73. The third-order valence-corrected chi connectivity index (χ3v) is 2.05. The molecule has 2 heterocycles. The van der Waals surface area contributed by atoms with E-state index in [1.807, 2.05) is 12.4 Å². The lowest BCUT2D eigenvalue weighted by Crippen LogP contribution is -1.98. The van der Waals surface area contributed by atoms with Gasteiger partial charge >= 0.3 is 0 Å². The Labute approximate surface area is 82.4 Å². The van der Waals surface area contributed by atoms with Crippen LogP contribution in [0.2, 0.25) is 0 Å². The van der Waals surface area contributed by atoms with Gasteiger partial charge in [-0.15, -0.1) is 0 Å². The lowest BCUT2D eigenvalue weighted by atomic mass is 10.3. The summed E-state index contributed by atoms with van der Waals surface area (Å²) in [5.74, 6) is 0.754. The SMILES string of the molecule is CCc1cnn(-c2cc(N)ccn2)c1. The standard InChI is InChI=1S/C10H12N4/c1-2-8-6-13-14(7-8)10-5-9(11)3-4-12-10/h3-7H,2H2,1H3,(H2,11,12). The quantitative estimate of drug-likeness (QED) is 0.775. The highest BCUT2D eigenvalue weighted by atomic mass is 15.3. The maximum absolute atomic E-state index is 5.65. The summed E-state index contributed by atoms with van der Waals surface area (Å²) in [6, 6.07) is 3.56. The highest BCUT2D eigenvalue weighted by molar-refractivity contribution is 5.42. The Balaban J connectivity index is 2.39. The predicted octanol–water partition coefficient (Wildman–Crippen LogP) is 1.41. The zero-order valence-electron chi connectivity index (χ0n) is 8.01. The number of rotatable bonds is 2. The monoisotopic (exact) mass is 188 g/mol. The Morgan fingerprint density at radius 1 is 1.50 bits per heavy atom. The van der Waals surface area contributed by atoms with Crippen LogP contribution >= 0.6 is 0 Å². The minimum atomic E-state index is 0.698. The Morgan fingerprint density at radius 2 is 2.36 bits per heavy atom. The fourth-order valence-electron chi connectivity index (χ4n) is 1.23. The molecule has 2 rings (SSSR count). The van der Waals surface area contributed by atoms with Crippen molar-refractivity contribution in [3.05, 3.63) is 36.3 Å². The summed E-state index contributed by atoms with van der Waals surface area (Å²) in [6.45, 7) is 2.09. The van der Waals surface area contributed by atoms with E-state index in [1.165, 1.54) is 5.56 Å². The molecular formula is C10H12N4. The summed E-state index contributed by atoms with van der Waals surface area (Å²) in [5.41, 5.74) is 7.54. The van der Waals surface area contributed by atoms with Crippen LogP contribution in [-0.4, -0.2) is 14.8 Å². The molecule has 0 amide bonds. The highest BCUT2D eigenvalue weighted by Gasteiger charge is 2.00. The molecule has 0 unspecified atom stereocenters. The molecule has 14 heavy (non-hydrogen) atoms. The molecule has 2 aromatic heterocycles. The predicted molar refractivity (Wildman–Crippen MR) is 55.1 cm³/mol. The lowest BCUT2D eigenvalue weighted by molar-refractivity contribution is 0.847. The van der Waals surface area contributed by atoms with Crippen LogP contribution < -0.4 is 5.73 Å². The fraction of sp³-hybridized carbons (Fsp3) is 0.200. The number of aryl methyl sites for hydroxylation is 1. The minimum absolute atomic E-state index is 0.698. The van der Waals surface area contributed by atoms with Crippen LogP contribution in [0.25, 0.3) is 5.82 Å². The summed E-state index contributed by atoms with van der Waals surface area (Å²) in [5, 5.41) is 4.20. The zero-order chi connectivity index (χ0) is 9.97. The molecule has 0 aliphatic heterocycles. The van der Waals surface area contributed by atoms with Gasteiger partial charge in [-0.1, -0.05) is 6.92 Å². The topological polar surface area (TPSA) is 56.7 Å². The van der Waals surface area contributed by atoms with E-state index in [1.54, 1.807) is 23.0 Å². The molecule has 0 spiro atoms. The average molecular weight is 188 g/mol. The smallest absolute Gasteiger partial charge is 0.155 e. The van der Waals surface area contributed by atoms with Crippen molar-refractivity contribution in [3.63, 3.8) is 0 Å². The van der Waals surface area contributed by atoms with E-state index in [0.29, 0.717) is 5.69 Å². The van der Waals surface area contributed by atoms with Crippen molar-refractivity contribution in [1.82, 2.24) is 14.8 Å². The van der Waals surface area contributed by atoms with Crippen LogP contribution in [0.15, 0.2) is 30.7 Å². The summed E-state index contributed by atoms with van der Waals surface area (Å²) in [6.07, 6.45) is 6.45. The van der Waals surface area contributed by atoms with Crippen molar-refractivity contribution >= 4 is 5.69 Å². The summed E-state index contributed by atoms with van der Waals surface area (Å²) >= 11 is 0. The first kappa shape index (κ1) is 8.74. The molecule has 0 bridgehead atoms. The second-order valence-electron chi connectivity index (χ2n) is 3.09. The van der Waals surface area contributed by atoms with Gasteiger partial charge in [0.15, 0.2) is 5.82 Å². The molecule has 0 radical (unpaired) electrons. The number of nitrogen functional groups attached to an aromatic ring is 1. The molecule has 4 heteroatoms. The fourth-order valence-corrected chi connectivity index (χ4v) is 1.23. The van der Waals surface area contributed by atoms with E-state index < -0.39 is 0 Å². The highest BCUT2D eigenvalue weighted by Crippen LogP contribution is 2.08. The van der Waals surface area contributed by atoms with E-state index in [2.05, 4.69) is 17.0 Å². The van der Waals surface area contributed by atoms with E-state index in [0.717, 1.165) is 12.2 Å². The molecule has 0 aliphatic carbocycles.